The maximum atomic E-state index is 6.12. The summed E-state index contributed by atoms with van der Waals surface area (Å²) in [6.45, 7) is 0.698. The number of hydrogen-bond acceptors (Lipinski definition) is 6. The van der Waals surface area contributed by atoms with Gasteiger partial charge in [-0.15, -0.1) is 0 Å². The normalized spacial score (nSPS) is 18.9. The highest BCUT2D eigenvalue weighted by molar-refractivity contribution is 9.10. The summed E-state index contributed by atoms with van der Waals surface area (Å²) in [4.78, 5) is 13.3. The molecule has 2 atom stereocenters. The monoisotopic (exact) mass is 466 g/mol. The number of nitrogens with zero attached hydrogens (tertiary/aromatic N) is 4. The van der Waals surface area contributed by atoms with Crippen molar-refractivity contribution in [2.24, 2.45) is 5.92 Å². The van der Waals surface area contributed by atoms with Gasteiger partial charge in [0.2, 0.25) is 0 Å². The van der Waals surface area contributed by atoms with Crippen molar-refractivity contribution in [1.82, 2.24) is 19.5 Å². The van der Waals surface area contributed by atoms with Crippen LogP contribution in [0.3, 0.4) is 0 Å². The van der Waals surface area contributed by atoms with Gasteiger partial charge in [0, 0.05) is 30.7 Å². The molecule has 1 saturated carbocycles. The Bertz CT molecular complexity index is 1220. The molecule has 0 saturated heterocycles. The number of halogens is 1. The smallest absolute Gasteiger partial charge is 0.145 e. The molecule has 3 N–H and O–H groups in total. The van der Waals surface area contributed by atoms with Crippen LogP contribution in [0.25, 0.3) is 21.9 Å². The van der Waals surface area contributed by atoms with E-state index in [1.165, 1.54) is 0 Å². The van der Waals surface area contributed by atoms with Gasteiger partial charge in [-0.05, 0) is 65.4 Å². The molecule has 7 nitrogen and oxygen atoms in total. The number of rotatable bonds is 5. The molecule has 2 unspecified atom stereocenters. The Kier molecular flexibility index (Phi) is 4.94. The highest BCUT2D eigenvalue weighted by Crippen LogP contribution is 2.37. The average Bonchev–Trinajstić information content (AvgIpc) is 3.39. The fraction of sp³-hybridized carbons (Fsp3) is 0.318. The Morgan fingerprint density at radius 3 is 3.00 bits per heavy atom. The second kappa shape index (κ2) is 7.75. The summed E-state index contributed by atoms with van der Waals surface area (Å²) in [5.41, 5.74) is 7.75. The molecule has 3 aromatic heterocycles. The summed E-state index contributed by atoms with van der Waals surface area (Å²) < 4.78 is 9.22. The van der Waals surface area contributed by atoms with Gasteiger partial charge in [-0.3, -0.25) is 0 Å². The molecule has 4 aromatic rings. The maximum Gasteiger partial charge on any atom is 0.145 e. The Hall–Kier alpha value is -2.87. The van der Waals surface area contributed by atoms with E-state index in [2.05, 4.69) is 53.0 Å². The molecule has 1 aliphatic carbocycles. The molecule has 0 radical (unpaired) electrons. The lowest BCUT2D eigenvalue weighted by Crippen LogP contribution is -2.11. The highest BCUT2D eigenvalue weighted by atomic mass is 79.9. The van der Waals surface area contributed by atoms with Crippen molar-refractivity contribution >= 4 is 49.5 Å². The van der Waals surface area contributed by atoms with Crippen LogP contribution in [-0.2, 0) is 0 Å². The lowest BCUT2D eigenvalue weighted by molar-refractivity contribution is 0.248. The van der Waals surface area contributed by atoms with Crippen LogP contribution in [0.15, 0.2) is 47.3 Å². The zero-order valence-corrected chi connectivity index (χ0v) is 18.3. The third kappa shape index (κ3) is 3.45. The van der Waals surface area contributed by atoms with Gasteiger partial charge >= 0.3 is 0 Å². The first kappa shape index (κ1) is 19.1. The molecule has 0 aliphatic heterocycles. The largest absolute Gasteiger partial charge is 0.493 e. The first-order chi connectivity index (χ1) is 14.6. The fourth-order valence-electron chi connectivity index (χ4n) is 4.36. The number of nitrogens with two attached hydrogens (primary N) is 1. The van der Waals surface area contributed by atoms with E-state index in [0.717, 1.165) is 57.2 Å². The quantitative estimate of drug-likeness (QED) is 0.439. The zero-order chi connectivity index (χ0) is 20.7. The van der Waals surface area contributed by atoms with Crippen LogP contribution in [-0.4, -0.2) is 33.2 Å². The molecule has 1 fully saturated rings. The molecule has 1 aromatic carbocycles. The van der Waals surface area contributed by atoms with E-state index in [0.29, 0.717) is 24.4 Å². The number of pyridine rings is 1. The van der Waals surface area contributed by atoms with E-state index in [-0.39, 0.29) is 0 Å². The summed E-state index contributed by atoms with van der Waals surface area (Å²) in [6, 6.07) is 10.5. The first-order valence-electron chi connectivity index (χ1n) is 10.1. The van der Waals surface area contributed by atoms with E-state index >= 15 is 0 Å². The van der Waals surface area contributed by atoms with Crippen LogP contribution in [0.1, 0.15) is 25.3 Å². The van der Waals surface area contributed by atoms with E-state index in [1.54, 1.807) is 6.33 Å². The molecule has 3 heterocycles. The van der Waals surface area contributed by atoms with Crippen LogP contribution in [0.4, 0.5) is 11.6 Å². The molecular weight excluding hydrogens is 444 g/mol. The van der Waals surface area contributed by atoms with Crippen LogP contribution in [0.2, 0.25) is 0 Å². The molecule has 8 heteroatoms. The number of aromatic nitrogens is 4. The summed E-state index contributed by atoms with van der Waals surface area (Å²) >= 11 is 3.42. The highest BCUT2D eigenvalue weighted by Gasteiger charge is 2.27. The lowest BCUT2D eigenvalue weighted by atomic mass is 10.1. The molecule has 1 aliphatic rings. The molecule has 0 bridgehead atoms. The van der Waals surface area contributed by atoms with Crippen molar-refractivity contribution in [3.8, 4) is 5.75 Å². The third-order valence-electron chi connectivity index (χ3n) is 5.91. The minimum absolute atomic E-state index is 0.436. The number of fused-ring (bicyclic) bond motifs is 2. The van der Waals surface area contributed by atoms with Crippen molar-refractivity contribution in [2.75, 3.05) is 24.7 Å². The van der Waals surface area contributed by atoms with Gasteiger partial charge in [-0.1, -0.05) is 0 Å². The topological polar surface area (TPSA) is 90.9 Å². The van der Waals surface area contributed by atoms with Gasteiger partial charge in [0.25, 0.3) is 0 Å². The van der Waals surface area contributed by atoms with Gasteiger partial charge < -0.3 is 20.4 Å². The molecule has 30 heavy (non-hydrogen) atoms. The second-order valence-corrected chi connectivity index (χ2v) is 8.64. The van der Waals surface area contributed by atoms with Gasteiger partial charge in [0.05, 0.1) is 22.0 Å². The molecule has 0 amide bonds. The van der Waals surface area contributed by atoms with Crippen LogP contribution >= 0.6 is 15.9 Å². The summed E-state index contributed by atoms with van der Waals surface area (Å²) in [5, 5.41) is 5.24. The number of anilines is 2. The van der Waals surface area contributed by atoms with E-state index in [1.807, 2.05) is 31.3 Å². The van der Waals surface area contributed by atoms with E-state index in [9.17, 15) is 0 Å². The van der Waals surface area contributed by atoms with Crippen molar-refractivity contribution in [3.05, 3.63) is 47.3 Å². The van der Waals surface area contributed by atoms with Gasteiger partial charge in [0.15, 0.2) is 0 Å². The first-order valence-corrected chi connectivity index (χ1v) is 10.9. The molecule has 5 rings (SSSR count). The Balaban J connectivity index is 1.27. The molecule has 154 valence electrons. The SMILES string of the molecule is CNc1ncnc2c1ccn2C1CCC(COc2ccc3cc(Br)c(N)nc3c2)C1. The number of ether oxygens (including phenoxy) is 1. The summed E-state index contributed by atoms with van der Waals surface area (Å²) in [7, 11) is 1.89. The van der Waals surface area contributed by atoms with E-state index in [4.69, 9.17) is 10.5 Å². The Labute approximate surface area is 182 Å². The average molecular weight is 467 g/mol. The molecule has 0 spiro atoms. The van der Waals surface area contributed by atoms with Crippen molar-refractivity contribution in [3.63, 3.8) is 0 Å². The minimum Gasteiger partial charge on any atom is -0.493 e. The van der Waals surface area contributed by atoms with Crippen molar-refractivity contribution in [1.29, 1.82) is 0 Å². The number of nitrogen functional groups attached to an aromatic ring is 1. The second-order valence-electron chi connectivity index (χ2n) is 7.79. The predicted molar refractivity (Wildman–Crippen MR) is 123 cm³/mol. The maximum absolute atomic E-state index is 6.12. The van der Waals surface area contributed by atoms with E-state index < -0.39 is 0 Å². The number of benzene rings is 1. The van der Waals surface area contributed by atoms with Gasteiger partial charge in [0.1, 0.15) is 29.4 Å². The van der Waals surface area contributed by atoms with Gasteiger partial charge in [-0.25, -0.2) is 15.0 Å². The zero-order valence-electron chi connectivity index (χ0n) is 16.7. The standard InChI is InChI=1S/C22H23BrN6O/c1-25-21-17-6-7-29(22(17)27-12-26-21)15-4-2-13(8-15)11-30-16-5-3-14-9-18(23)20(24)28-19(14)10-16/h3,5-7,9-10,12-13,15H,2,4,8,11H2,1H3,(H2,24,28)(H,25,26,27). The van der Waals surface area contributed by atoms with Crippen LogP contribution in [0.5, 0.6) is 5.75 Å². The Morgan fingerprint density at radius 2 is 2.13 bits per heavy atom. The molecular formula is C22H23BrN6O. The van der Waals surface area contributed by atoms with Crippen LogP contribution in [0, 0.1) is 5.92 Å². The number of hydrogen-bond donors (Lipinski definition) is 2. The van der Waals surface area contributed by atoms with Gasteiger partial charge in [-0.2, -0.15) is 0 Å². The van der Waals surface area contributed by atoms with Crippen molar-refractivity contribution < 1.29 is 4.74 Å². The fourth-order valence-corrected chi connectivity index (χ4v) is 4.69. The van der Waals surface area contributed by atoms with Crippen LogP contribution < -0.4 is 15.8 Å². The third-order valence-corrected chi connectivity index (χ3v) is 6.54. The lowest BCUT2D eigenvalue weighted by Gasteiger charge is -2.15. The van der Waals surface area contributed by atoms with Crippen molar-refractivity contribution in [2.45, 2.75) is 25.3 Å². The summed E-state index contributed by atoms with van der Waals surface area (Å²) in [6.07, 6.45) is 7.10. The number of nitrogens with one attached hydrogen (secondary N) is 1. The Morgan fingerprint density at radius 1 is 1.23 bits per heavy atom. The summed E-state index contributed by atoms with van der Waals surface area (Å²) in [5.74, 6) is 2.70. The minimum atomic E-state index is 0.436. The predicted octanol–water partition coefficient (Wildman–Crippen LogP) is 4.79.